The van der Waals surface area contributed by atoms with Gasteiger partial charge in [0.15, 0.2) is 5.78 Å². The number of Topliss-reactive ketones (excluding diaryl/α,β-unsaturated/α-hetero) is 1. The van der Waals surface area contributed by atoms with Crippen LogP contribution in [0.15, 0.2) is 42.5 Å². The molecule has 96 valence electrons. The van der Waals surface area contributed by atoms with Crippen LogP contribution in [-0.4, -0.2) is 10.7 Å². The molecule has 0 spiro atoms. The van der Waals surface area contributed by atoms with E-state index < -0.39 is 16.4 Å². The third kappa shape index (κ3) is 2.49. The van der Waals surface area contributed by atoms with E-state index in [-0.39, 0.29) is 5.78 Å². The van der Waals surface area contributed by atoms with Crippen LogP contribution in [0, 0.1) is 15.9 Å². The van der Waals surface area contributed by atoms with Crippen molar-refractivity contribution in [3.05, 3.63) is 64.0 Å². The van der Waals surface area contributed by atoms with Gasteiger partial charge in [-0.1, -0.05) is 30.3 Å². The van der Waals surface area contributed by atoms with E-state index in [0.717, 1.165) is 12.1 Å². The first kappa shape index (κ1) is 12.9. The van der Waals surface area contributed by atoms with E-state index in [4.69, 9.17) is 0 Å². The molecule has 0 radical (unpaired) electrons. The van der Waals surface area contributed by atoms with Crippen molar-refractivity contribution < 1.29 is 14.1 Å². The van der Waals surface area contributed by atoms with Gasteiger partial charge < -0.3 is 0 Å². The van der Waals surface area contributed by atoms with Gasteiger partial charge in [0.25, 0.3) is 0 Å². The summed E-state index contributed by atoms with van der Waals surface area (Å²) in [7, 11) is 0. The molecule has 0 aliphatic heterocycles. The molecule has 2 rings (SSSR count). The lowest BCUT2D eigenvalue weighted by Crippen LogP contribution is -1.97. The van der Waals surface area contributed by atoms with Crippen LogP contribution in [0.5, 0.6) is 0 Å². The molecule has 0 aliphatic rings. The lowest BCUT2D eigenvalue weighted by molar-refractivity contribution is -0.387. The van der Waals surface area contributed by atoms with E-state index in [1.165, 1.54) is 13.0 Å². The van der Waals surface area contributed by atoms with E-state index in [9.17, 15) is 19.3 Å². The van der Waals surface area contributed by atoms with Crippen LogP contribution >= 0.6 is 0 Å². The van der Waals surface area contributed by atoms with Crippen molar-refractivity contribution in [1.82, 2.24) is 0 Å². The van der Waals surface area contributed by atoms with Gasteiger partial charge in [-0.25, -0.2) is 0 Å². The van der Waals surface area contributed by atoms with Gasteiger partial charge in [-0.2, -0.15) is 4.39 Å². The summed E-state index contributed by atoms with van der Waals surface area (Å²) in [4.78, 5) is 21.5. The van der Waals surface area contributed by atoms with Crippen molar-refractivity contribution in [3.63, 3.8) is 0 Å². The first-order chi connectivity index (χ1) is 9.00. The molecule has 0 aliphatic carbocycles. The third-order valence-electron chi connectivity index (χ3n) is 2.76. The molecule has 0 bridgehead atoms. The number of nitrogens with zero attached hydrogens (tertiary/aromatic N) is 1. The van der Waals surface area contributed by atoms with Crippen molar-refractivity contribution in [1.29, 1.82) is 0 Å². The number of nitro benzene ring substituents is 1. The zero-order valence-corrected chi connectivity index (χ0v) is 10.1. The van der Waals surface area contributed by atoms with Crippen LogP contribution in [0.25, 0.3) is 11.1 Å². The molecular formula is C14H10FNO3. The second-order valence-electron chi connectivity index (χ2n) is 4.03. The average molecular weight is 259 g/mol. The highest BCUT2D eigenvalue weighted by Gasteiger charge is 2.16. The van der Waals surface area contributed by atoms with Gasteiger partial charge in [-0.15, -0.1) is 0 Å². The van der Waals surface area contributed by atoms with Crippen molar-refractivity contribution in [2.24, 2.45) is 0 Å². The van der Waals surface area contributed by atoms with Crippen LogP contribution in [0.4, 0.5) is 10.1 Å². The molecule has 0 unspecified atom stereocenters. The van der Waals surface area contributed by atoms with Gasteiger partial charge in [0, 0.05) is 11.6 Å². The fourth-order valence-corrected chi connectivity index (χ4v) is 1.86. The van der Waals surface area contributed by atoms with Crippen molar-refractivity contribution in [2.75, 3.05) is 0 Å². The Morgan fingerprint density at radius 1 is 1.21 bits per heavy atom. The van der Waals surface area contributed by atoms with Crippen molar-refractivity contribution >= 4 is 11.5 Å². The Balaban J connectivity index is 2.63. The number of nitro groups is 1. The minimum Gasteiger partial charge on any atom is -0.294 e. The maximum atomic E-state index is 13.3. The Hall–Kier alpha value is -2.56. The van der Waals surface area contributed by atoms with E-state index >= 15 is 0 Å². The number of hydrogen-bond donors (Lipinski definition) is 0. The summed E-state index contributed by atoms with van der Waals surface area (Å²) < 4.78 is 13.3. The van der Waals surface area contributed by atoms with Gasteiger partial charge in [0.05, 0.1) is 4.92 Å². The smallest absolute Gasteiger partial charge is 0.294 e. The molecule has 0 fully saturated rings. The fourth-order valence-electron chi connectivity index (χ4n) is 1.86. The molecule has 0 saturated heterocycles. The molecule has 0 N–H and O–H groups in total. The summed E-state index contributed by atoms with van der Waals surface area (Å²) in [5, 5.41) is 10.7. The Kier molecular flexibility index (Phi) is 3.37. The highest BCUT2D eigenvalue weighted by molar-refractivity contribution is 6.00. The van der Waals surface area contributed by atoms with Crippen LogP contribution in [0.3, 0.4) is 0 Å². The van der Waals surface area contributed by atoms with Gasteiger partial charge in [-0.3, -0.25) is 14.9 Å². The van der Waals surface area contributed by atoms with Crippen LogP contribution in [0.1, 0.15) is 17.3 Å². The maximum Gasteiger partial charge on any atom is 0.305 e. The maximum absolute atomic E-state index is 13.3. The van der Waals surface area contributed by atoms with E-state index in [1.54, 1.807) is 24.3 Å². The predicted molar refractivity (Wildman–Crippen MR) is 68.5 cm³/mol. The SMILES string of the molecule is CC(=O)c1ccccc1-c1ccc(F)c([N+](=O)[O-])c1. The van der Waals surface area contributed by atoms with Gasteiger partial charge >= 0.3 is 5.69 Å². The molecule has 0 amide bonds. The molecule has 19 heavy (non-hydrogen) atoms. The highest BCUT2D eigenvalue weighted by atomic mass is 19.1. The Bertz CT molecular complexity index is 667. The third-order valence-corrected chi connectivity index (χ3v) is 2.76. The molecule has 0 heterocycles. The van der Waals surface area contributed by atoms with Crippen LogP contribution in [0.2, 0.25) is 0 Å². The van der Waals surface area contributed by atoms with E-state index in [2.05, 4.69) is 0 Å². The molecule has 4 nitrogen and oxygen atoms in total. The van der Waals surface area contributed by atoms with Crippen molar-refractivity contribution in [3.8, 4) is 11.1 Å². The molecule has 0 atom stereocenters. The summed E-state index contributed by atoms with van der Waals surface area (Å²) in [5.41, 5.74) is 0.844. The van der Waals surface area contributed by atoms with Crippen LogP contribution in [-0.2, 0) is 0 Å². The van der Waals surface area contributed by atoms with Gasteiger partial charge in [0.2, 0.25) is 5.82 Å². The second-order valence-corrected chi connectivity index (χ2v) is 4.03. The minimum absolute atomic E-state index is 0.150. The van der Waals surface area contributed by atoms with Gasteiger partial charge in [-0.05, 0) is 24.1 Å². The number of hydrogen-bond acceptors (Lipinski definition) is 3. The second kappa shape index (κ2) is 4.97. The number of ketones is 1. The average Bonchev–Trinajstić information content (AvgIpc) is 2.39. The number of carbonyl (C=O) groups is 1. The topological polar surface area (TPSA) is 60.2 Å². The first-order valence-corrected chi connectivity index (χ1v) is 5.55. The molecule has 0 saturated carbocycles. The molecular weight excluding hydrogens is 249 g/mol. The molecule has 2 aromatic rings. The predicted octanol–water partition coefficient (Wildman–Crippen LogP) is 3.60. The molecule has 5 heteroatoms. The number of rotatable bonds is 3. The normalized spacial score (nSPS) is 10.2. The van der Waals surface area contributed by atoms with Crippen LogP contribution < -0.4 is 0 Å². The lowest BCUT2D eigenvalue weighted by atomic mass is 9.97. The summed E-state index contributed by atoms with van der Waals surface area (Å²) in [5.74, 6) is -1.04. The minimum atomic E-state index is -0.894. The standard InChI is InChI=1S/C14H10FNO3/c1-9(17)11-4-2-3-5-12(11)10-6-7-13(15)14(8-10)16(18)19/h2-8H,1H3. The summed E-state index contributed by atoms with van der Waals surface area (Å²) in [6.45, 7) is 1.41. The quantitative estimate of drug-likeness (QED) is 0.480. The summed E-state index contributed by atoms with van der Waals surface area (Å²) in [6.07, 6.45) is 0. The lowest BCUT2D eigenvalue weighted by Gasteiger charge is -2.07. The summed E-state index contributed by atoms with van der Waals surface area (Å²) >= 11 is 0. The zero-order chi connectivity index (χ0) is 14.0. The first-order valence-electron chi connectivity index (χ1n) is 5.55. The van der Waals surface area contributed by atoms with Crippen molar-refractivity contribution in [2.45, 2.75) is 6.92 Å². The molecule has 0 aromatic heterocycles. The summed E-state index contributed by atoms with van der Waals surface area (Å²) in [6, 6.07) is 10.3. The number of carbonyl (C=O) groups excluding carboxylic acids is 1. The monoisotopic (exact) mass is 259 g/mol. The highest BCUT2D eigenvalue weighted by Crippen LogP contribution is 2.28. The number of halogens is 1. The molecule has 2 aromatic carbocycles. The van der Waals surface area contributed by atoms with Gasteiger partial charge in [0.1, 0.15) is 0 Å². The number of benzene rings is 2. The van der Waals surface area contributed by atoms with E-state index in [0.29, 0.717) is 16.7 Å². The Morgan fingerprint density at radius 3 is 2.53 bits per heavy atom. The fraction of sp³-hybridized carbons (Fsp3) is 0.0714. The zero-order valence-electron chi connectivity index (χ0n) is 10.1. The van der Waals surface area contributed by atoms with E-state index in [1.807, 2.05) is 0 Å². The Labute approximate surface area is 108 Å². The largest absolute Gasteiger partial charge is 0.305 e. The Morgan fingerprint density at radius 2 is 1.89 bits per heavy atom.